The SMILES string of the molecule is CCOC(=O)OC(C)OC(=O)[C@H](C)NC(=O)c1cc(F)cc(N(C2CN(C(c3ccc(Cl)cc3)c3ccc(Cl)cc3)C2)S(C)(=O)=O)c1. The highest BCUT2D eigenvalue weighted by Gasteiger charge is 2.41. The Labute approximate surface area is 282 Å². The third kappa shape index (κ3) is 9.34. The van der Waals surface area contributed by atoms with Crippen LogP contribution >= 0.6 is 23.2 Å². The molecule has 1 saturated heterocycles. The molecule has 1 amide bonds. The van der Waals surface area contributed by atoms with Crippen molar-refractivity contribution in [3.63, 3.8) is 0 Å². The molecule has 0 spiro atoms. The van der Waals surface area contributed by atoms with Crippen LogP contribution in [0.1, 0.15) is 48.3 Å². The van der Waals surface area contributed by atoms with Crippen molar-refractivity contribution in [1.29, 1.82) is 0 Å². The molecule has 0 aromatic heterocycles. The molecule has 1 unspecified atom stereocenters. The lowest BCUT2D eigenvalue weighted by molar-refractivity contribution is -0.169. The number of carbonyl (C=O) groups excluding carboxylic acids is 3. The average Bonchev–Trinajstić information content (AvgIpc) is 2.96. The van der Waals surface area contributed by atoms with Gasteiger partial charge in [0.25, 0.3) is 5.91 Å². The first kappa shape index (κ1) is 35.9. The lowest BCUT2D eigenvalue weighted by atomic mass is 9.93. The second-order valence-electron chi connectivity index (χ2n) is 10.9. The molecule has 0 radical (unpaired) electrons. The standard InChI is InChI=1S/C32H34Cl2FN3O8S/c1-5-44-32(41)46-20(3)45-31(40)19(2)36-30(39)23-14-26(35)16-27(15-23)38(47(4,42)43)28-17-37(18-28)29(21-6-10-24(33)11-7-21)22-8-12-25(34)13-9-22/h6-16,19-20,28-29H,5,17-18H2,1-4H3,(H,36,39)/t19-,20?/m0/s1. The van der Waals surface area contributed by atoms with E-state index in [0.717, 1.165) is 33.8 Å². The minimum Gasteiger partial charge on any atom is -0.435 e. The number of carbonyl (C=O) groups is 3. The fourth-order valence-electron chi connectivity index (χ4n) is 5.17. The number of benzene rings is 3. The first-order valence-corrected chi connectivity index (χ1v) is 17.2. The normalized spacial score (nSPS) is 14.9. The van der Waals surface area contributed by atoms with Gasteiger partial charge in [0.1, 0.15) is 11.9 Å². The maximum Gasteiger partial charge on any atom is 0.511 e. The zero-order valence-electron chi connectivity index (χ0n) is 26.0. The smallest absolute Gasteiger partial charge is 0.435 e. The molecule has 4 rings (SSSR count). The van der Waals surface area contributed by atoms with E-state index in [4.69, 9.17) is 32.7 Å². The average molecular weight is 711 g/mol. The number of nitrogens with zero attached hydrogens (tertiary/aromatic N) is 2. The molecule has 3 aromatic carbocycles. The molecule has 1 N–H and O–H groups in total. The summed E-state index contributed by atoms with van der Waals surface area (Å²) in [6.07, 6.45) is -1.33. The number of halogens is 3. The molecule has 0 saturated carbocycles. The van der Waals surface area contributed by atoms with Crippen molar-refractivity contribution in [1.82, 2.24) is 10.2 Å². The van der Waals surface area contributed by atoms with Gasteiger partial charge in [-0.05, 0) is 67.4 Å². The van der Waals surface area contributed by atoms with E-state index < -0.39 is 52.2 Å². The number of sulfonamides is 1. The number of hydrogen-bond acceptors (Lipinski definition) is 9. The molecule has 2 atom stereocenters. The summed E-state index contributed by atoms with van der Waals surface area (Å²) < 4.78 is 56.6. The van der Waals surface area contributed by atoms with E-state index in [9.17, 15) is 27.2 Å². The summed E-state index contributed by atoms with van der Waals surface area (Å²) in [7, 11) is -3.94. The van der Waals surface area contributed by atoms with Crippen LogP contribution in [-0.4, -0.2) is 75.7 Å². The van der Waals surface area contributed by atoms with E-state index in [1.54, 1.807) is 31.2 Å². The summed E-state index contributed by atoms with van der Waals surface area (Å²) >= 11 is 12.2. The van der Waals surface area contributed by atoms with Crippen LogP contribution in [0.4, 0.5) is 14.9 Å². The molecule has 1 fully saturated rings. The Hall–Kier alpha value is -3.91. The van der Waals surface area contributed by atoms with E-state index in [0.29, 0.717) is 10.0 Å². The van der Waals surface area contributed by atoms with Gasteiger partial charge in [-0.2, -0.15) is 0 Å². The zero-order valence-corrected chi connectivity index (χ0v) is 28.3. The van der Waals surface area contributed by atoms with E-state index in [-0.39, 0.29) is 37.0 Å². The van der Waals surface area contributed by atoms with Gasteiger partial charge in [0.05, 0.1) is 30.6 Å². The molecule has 3 aromatic rings. The van der Waals surface area contributed by atoms with Crippen molar-refractivity contribution >= 4 is 56.9 Å². The zero-order chi connectivity index (χ0) is 34.5. The molecule has 47 heavy (non-hydrogen) atoms. The molecule has 0 aliphatic carbocycles. The fourth-order valence-corrected chi connectivity index (χ4v) is 6.59. The monoisotopic (exact) mass is 709 g/mol. The molecule has 15 heteroatoms. The number of nitrogens with one attached hydrogen (secondary N) is 1. The van der Waals surface area contributed by atoms with Crippen LogP contribution in [-0.2, 0) is 29.0 Å². The van der Waals surface area contributed by atoms with E-state index in [2.05, 4.69) is 15.0 Å². The van der Waals surface area contributed by atoms with Crippen molar-refractivity contribution < 1.29 is 41.4 Å². The van der Waals surface area contributed by atoms with Crippen molar-refractivity contribution in [2.45, 2.75) is 45.2 Å². The van der Waals surface area contributed by atoms with Crippen LogP contribution in [0.15, 0.2) is 66.7 Å². The lowest BCUT2D eigenvalue weighted by Crippen LogP contribution is -2.61. The van der Waals surface area contributed by atoms with Gasteiger partial charge in [0.15, 0.2) is 0 Å². The highest BCUT2D eigenvalue weighted by molar-refractivity contribution is 7.92. The molecule has 11 nitrogen and oxygen atoms in total. The summed E-state index contributed by atoms with van der Waals surface area (Å²) in [5.41, 5.74) is 1.59. The molecule has 1 heterocycles. The number of anilines is 1. The minimum absolute atomic E-state index is 0.0523. The Morgan fingerprint density at radius 3 is 2.02 bits per heavy atom. The molecule has 1 aliphatic heterocycles. The number of ether oxygens (including phenoxy) is 3. The Balaban J connectivity index is 1.51. The van der Waals surface area contributed by atoms with Crippen molar-refractivity contribution in [3.8, 4) is 0 Å². The van der Waals surface area contributed by atoms with Gasteiger partial charge in [-0.1, -0.05) is 47.5 Å². The summed E-state index contributed by atoms with van der Waals surface area (Å²) in [4.78, 5) is 39.0. The second-order valence-corrected chi connectivity index (χ2v) is 13.6. The number of likely N-dealkylation sites (tertiary alicyclic amines) is 1. The Bertz CT molecular complexity index is 1660. The van der Waals surface area contributed by atoms with Gasteiger partial charge in [-0.15, -0.1) is 0 Å². The molecular weight excluding hydrogens is 676 g/mol. The lowest BCUT2D eigenvalue weighted by Gasteiger charge is -2.48. The van der Waals surface area contributed by atoms with Crippen LogP contribution in [0.25, 0.3) is 0 Å². The van der Waals surface area contributed by atoms with Gasteiger partial charge in [0.2, 0.25) is 16.3 Å². The number of amides is 1. The second kappa shape index (κ2) is 15.3. The van der Waals surface area contributed by atoms with E-state index in [1.165, 1.54) is 19.9 Å². The van der Waals surface area contributed by atoms with Gasteiger partial charge >= 0.3 is 12.1 Å². The quantitative estimate of drug-likeness (QED) is 0.190. The maximum atomic E-state index is 14.9. The predicted octanol–water partition coefficient (Wildman–Crippen LogP) is 5.55. The number of rotatable bonds is 12. The fraction of sp³-hybridized carbons (Fsp3) is 0.344. The number of hydrogen-bond donors (Lipinski definition) is 1. The van der Waals surface area contributed by atoms with Crippen LogP contribution in [0, 0.1) is 5.82 Å². The van der Waals surface area contributed by atoms with Crippen LogP contribution in [0.3, 0.4) is 0 Å². The highest BCUT2D eigenvalue weighted by Crippen LogP contribution is 2.37. The van der Waals surface area contributed by atoms with Crippen molar-refractivity contribution in [2.75, 3.05) is 30.3 Å². The van der Waals surface area contributed by atoms with E-state index in [1.807, 2.05) is 24.3 Å². The summed E-state index contributed by atoms with van der Waals surface area (Å²) in [5, 5.41) is 3.53. The third-order valence-corrected chi connectivity index (χ3v) is 8.95. The van der Waals surface area contributed by atoms with Gasteiger partial charge in [-0.25, -0.2) is 22.4 Å². The van der Waals surface area contributed by atoms with E-state index >= 15 is 0 Å². The van der Waals surface area contributed by atoms with Crippen LogP contribution in [0.5, 0.6) is 0 Å². The maximum absolute atomic E-state index is 14.9. The van der Waals surface area contributed by atoms with Crippen LogP contribution in [0.2, 0.25) is 10.0 Å². The van der Waals surface area contributed by atoms with Crippen molar-refractivity contribution in [2.24, 2.45) is 0 Å². The summed E-state index contributed by atoms with van der Waals surface area (Å²) in [6, 6.07) is 15.8. The highest BCUT2D eigenvalue weighted by atomic mass is 35.5. The first-order valence-electron chi connectivity index (χ1n) is 14.6. The Kier molecular flexibility index (Phi) is 11.7. The Morgan fingerprint density at radius 2 is 1.51 bits per heavy atom. The largest absolute Gasteiger partial charge is 0.511 e. The summed E-state index contributed by atoms with van der Waals surface area (Å²) in [6.45, 7) is 4.82. The molecule has 1 aliphatic rings. The Morgan fingerprint density at radius 1 is 0.957 bits per heavy atom. The first-order chi connectivity index (χ1) is 22.2. The molecule has 0 bridgehead atoms. The molecular formula is C32H34Cl2FN3O8S. The molecule has 252 valence electrons. The van der Waals surface area contributed by atoms with Gasteiger partial charge < -0.3 is 19.5 Å². The predicted molar refractivity (Wildman–Crippen MR) is 174 cm³/mol. The topological polar surface area (TPSA) is 132 Å². The van der Waals surface area contributed by atoms with Gasteiger partial charge in [-0.3, -0.25) is 14.0 Å². The van der Waals surface area contributed by atoms with Crippen molar-refractivity contribution in [3.05, 3.63) is 99.3 Å². The number of esters is 1. The van der Waals surface area contributed by atoms with Crippen LogP contribution < -0.4 is 9.62 Å². The third-order valence-electron chi connectivity index (χ3n) is 7.22. The summed E-state index contributed by atoms with van der Waals surface area (Å²) in [5.74, 6) is -2.65. The van der Waals surface area contributed by atoms with Gasteiger partial charge in [0, 0.05) is 35.6 Å². The minimum atomic E-state index is -3.94.